The quantitative estimate of drug-likeness (QED) is 0.711. The van der Waals surface area contributed by atoms with Crippen molar-refractivity contribution in [3.63, 3.8) is 0 Å². The molecule has 2 aliphatic heterocycles. The van der Waals surface area contributed by atoms with E-state index in [0.29, 0.717) is 31.5 Å². The van der Waals surface area contributed by atoms with Gasteiger partial charge in [0.25, 0.3) is 0 Å². The maximum absolute atomic E-state index is 11.7. The fourth-order valence-corrected chi connectivity index (χ4v) is 2.53. The number of ether oxygens (including phenoxy) is 2. The predicted molar refractivity (Wildman–Crippen MR) is 60.4 cm³/mol. The molecule has 0 bridgehead atoms. The van der Waals surface area contributed by atoms with E-state index in [2.05, 4.69) is 4.90 Å². The Labute approximate surface area is 96.9 Å². The zero-order valence-electron chi connectivity index (χ0n) is 9.98. The van der Waals surface area contributed by atoms with Crippen LogP contribution in [0.4, 0.5) is 0 Å². The van der Waals surface area contributed by atoms with Crippen LogP contribution in [-0.4, -0.2) is 56.7 Å². The van der Waals surface area contributed by atoms with Gasteiger partial charge in [-0.3, -0.25) is 9.69 Å². The highest BCUT2D eigenvalue weighted by Crippen LogP contribution is 2.17. The topological polar surface area (TPSA) is 38.8 Å². The summed E-state index contributed by atoms with van der Waals surface area (Å²) in [6, 6.07) is 0. The molecule has 2 atom stereocenters. The molecule has 2 fully saturated rings. The molecule has 4 heteroatoms. The molecule has 2 heterocycles. The Morgan fingerprint density at radius 3 is 3.19 bits per heavy atom. The third kappa shape index (κ3) is 3.03. The van der Waals surface area contributed by atoms with Gasteiger partial charge >= 0.3 is 0 Å². The van der Waals surface area contributed by atoms with Crippen molar-refractivity contribution < 1.29 is 14.3 Å². The lowest BCUT2D eigenvalue weighted by molar-refractivity contribution is -0.131. The largest absolute Gasteiger partial charge is 0.380 e. The lowest BCUT2D eigenvalue weighted by atomic mass is 9.98. The molecule has 0 aromatic carbocycles. The van der Waals surface area contributed by atoms with Crippen molar-refractivity contribution in [1.29, 1.82) is 0 Å². The van der Waals surface area contributed by atoms with E-state index in [1.54, 1.807) is 7.11 Å². The number of nitrogens with zero attached hydrogens (tertiary/aromatic N) is 1. The minimum atomic E-state index is 0.0874. The number of piperidine rings is 1. The lowest BCUT2D eigenvalue weighted by Crippen LogP contribution is -2.45. The van der Waals surface area contributed by atoms with Crippen molar-refractivity contribution in [1.82, 2.24) is 4.90 Å². The smallest absolute Gasteiger partial charge is 0.141 e. The van der Waals surface area contributed by atoms with Crippen LogP contribution in [0.25, 0.3) is 0 Å². The maximum Gasteiger partial charge on any atom is 0.141 e. The molecule has 0 N–H and O–H groups in total. The van der Waals surface area contributed by atoms with Gasteiger partial charge in [0.15, 0.2) is 0 Å². The number of Topliss-reactive ketones (excluding diaryl/α,β-unsaturated/α-hetero) is 1. The molecule has 0 aromatic heterocycles. The van der Waals surface area contributed by atoms with Gasteiger partial charge in [-0.15, -0.1) is 0 Å². The third-order valence-corrected chi connectivity index (χ3v) is 3.54. The molecular weight excluding hydrogens is 206 g/mol. The summed E-state index contributed by atoms with van der Waals surface area (Å²) in [4.78, 5) is 14.0. The van der Waals surface area contributed by atoms with E-state index in [9.17, 15) is 4.79 Å². The van der Waals surface area contributed by atoms with Gasteiger partial charge in [0.2, 0.25) is 0 Å². The standard InChI is InChI=1S/C12H21NO3/c1-15-11-3-2-5-13(8-11)7-10-9-16-6-4-12(10)14/h10-11H,2-9H2,1H3. The van der Waals surface area contributed by atoms with Gasteiger partial charge in [0, 0.05) is 26.6 Å². The van der Waals surface area contributed by atoms with E-state index in [1.807, 2.05) is 0 Å². The van der Waals surface area contributed by atoms with Gasteiger partial charge in [0.05, 0.1) is 25.2 Å². The molecule has 0 amide bonds. The number of hydrogen-bond acceptors (Lipinski definition) is 4. The Kier molecular flexibility index (Phi) is 4.32. The molecule has 4 nitrogen and oxygen atoms in total. The summed E-state index contributed by atoms with van der Waals surface area (Å²) in [6.45, 7) is 4.10. The first-order valence-electron chi connectivity index (χ1n) is 6.15. The number of ketones is 1. The molecule has 0 radical (unpaired) electrons. The molecule has 0 spiro atoms. The summed E-state index contributed by atoms with van der Waals surface area (Å²) in [5.41, 5.74) is 0. The van der Waals surface area contributed by atoms with Crippen molar-refractivity contribution in [2.45, 2.75) is 25.4 Å². The number of hydrogen-bond donors (Lipinski definition) is 0. The Morgan fingerprint density at radius 1 is 1.56 bits per heavy atom. The highest BCUT2D eigenvalue weighted by atomic mass is 16.5. The fraction of sp³-hybridized carbons (Fsp3) is 0.917. The first-order chi connectivity index (χ1) is 7.79. The van der Waals surface area contributed by atoms with E-state index in [1.165, 1.54) is 6.42 Å². The number of carbonyl (C=O) groups is 1. The van der Waals surface area contributed by atoms with Crippen LogP contribution < -0.4 is 0 Å². The van der Waals surface area contributed by atoms with Crippen molar-refractivity contribution >= 4 is 5.78 Å². The summed E-state index contributed by atoms with van der Waals surface area (Å²) in [5, 5.41) is 0. The zero-order valence-corrected chi connectivity index (χ0v) is 9.98. The molecule has 2 rings (SSSR count). The average Bonchev–Trinajstić information content (AvgIpc) is 2.32. The minimum Gasteiger partial charge on any atom is -0.380 e. The maximum atomic E-state index is 11.7. The number of rotatable bonds is 3. The second-order valence-electron chi connectivity index (χ2n) is 4.75. The molecule has 2 unspecified atom stereocenters. The summed E-state index contributed by atoms with van der Waals surface area (Å²) < 4.78 is 10.7. The Balaban J connectivity index is 1.81. The number of methoxy groups -OCH3 is 1. The monoisotopic (exact) mass is 227 g/mol. The predicted octanol–water partition coefficient (Wildman–Crippen LogP) is 0.703. The lowest BCUT2D eigenvalue weighted by Gasteiger charge is -2.34. The summed E-state index contributed by atoms with van der Waals surface area (Å²) in [7, 11) is 1.77. The summed E-state index contributed by atoms with van der Waals surface area (Å²) >= 11 is 0. The van der Waals surface area contributed by atoms with Crippen molar-refractivity contribution in [3.05, 3.63) is 0 Å². The molecule has 16 heavy (non-hydrogen) atoms. The van der Waals surface area contributed by atoms with E-state index in [4.69, 9.17) is 9.47 Å². The van der Waals surface area contributed by atoms with Gasteiger partial charge in [-0.1, -0.05) is 0 Å². The highest BCUT2D eigenvalue weighted by molar-refractivity contribution is 5.82. The van der Waals surface area contributed by atoms with E-state index >= 15 is 0 Å². The molecule has 92 valence electrons. The molecule has 0 saturated carbocycles. The van der Waals surface area contributed by atoms with Crippen LogP contribution >= 0.6 is 0 Å². The summed E-state index contributed by atoms with van der Waals surface area (Å²) in [6.07, 6.45) is 3.24. The van der Waals surface area contributed by atoms with Crippen molar-refractivity contribution in [2.75, 3.05) is 40.0 Å². The van der Waals surface area contributed by atoms with Crippen LogP contribution in [0.15, 0.2) is 0 Å². The number of carbonyl (C=O) groups excluding carboxylic acids is 1. The van der Waals surface area contributed by atoms with Gasteiger partial charge in [-0.05, 0) is 19.4 Å². The average molecular weight is 227 g/mol. The number of likely N-dealkylation sites (tertiary alicyclic amines) is 1. The van der Waals surface area contributed by atoms with Crippen molar-refractivity contribution in [2.24, 2.45) is 5.92 Å². The Bertz CT molecular complexity index is 244. The van der Waals surface area contributed by atoms with Crippen molar-refractivity contribution in [3.8, 4) is 0 Å². The van der Waals surface area contributed by atoms with E-state index in [0.717, 1.165) is 26.1 Å². The van der Waals surface area contributed by atoms with Crippen LogP contribution in [0.5, 0.6) is 0 Å². The minimum absolute atomic E-state index is 0.0874. The van der Waals surface area contributed by atoms with Crippen LogP contribution in [0, 0.1) is 5.92 Å². The Hall–Kier alpha value is -0.450. The van der Waals surface area contributed by atoms with E-state index in [-0.39, 0.29) is 5.92 Å². The second kappa shape index (κ2) is 5.75. The third-order valence-electron chi connectivity index (χ3n) is 3.54. The zero-order chi connectivity index (χ0) is 11.4. The van der Waals surface area contributed by atoms with Crippen LogP contribution in [0.2, 0.25) is 0 Å². The first kappa shape index (κ1) is 12.0. The molecular formula is C12H21NO3. The van der Waals surface area contributed by atoms with Crippen LogP contribution in [0.1, 0.15) is 19.3 Å². The van der Waals surface area contributed by atoms with Gasteiger partial charge < -0.3 is 9.47 Å². The molecule has 2 saturated heterocycles. The highest BCUT2D eigenvalue weighted by Gasteiger charge is 2.27. The SMILES string of the molecule is COC1CCCN(CC2COCCC2=O)C1. The van der Waals surface area contributed by atoms with Gasteiger partial charge in [0.1, 0.15) is 5.78 Å². The molecule has 2 aliphatic rings. The normalized spacial score (nSPS) is 32.9. The molecule has 0 aromatic rings. The second-order valence-corrected chi connectivity index (χ2v) is 4.75. The Morgan fingerprint density at radius 2 is 2.44 bits per heavy atom. The van der Waals surface area contributed by atoms with E-state index < -0.39 is 0 Å². The van der Waals surface area contributed by atoms with Gasteiger partial charge in [-0.25, -0.2) is 0 Å². The first-order valence-corrected chi connectivity index (χ1v) is 6.15. The molecule has 0 aliphatic carbocycles. The summed E-state index contributed by atoms with van der Waals surface area (Å²) in [5.74, 6) is 0.454. The van der Waals surface area contributed by atoms with Crippen LogP contribution in [0.3, 0.4) is 0 Å². The van der Waals surface area contributed by atoms with Gasteiger partial charge in [-0.2, -0.15) is 0 Å². The fourth-order valence-electron chi connectivity index (χ4n) is 2.53. The van der Waals surface area contributed by atoms with Crippen LogP contribution in [-0.2, 0) is 14.3 Å².